The van der Waals surface area contributed by atoms with Crippen LogP contribution in [-0.4, -0.2) is 22.5 Å². The van der Waals surface area contributed by atoms with Crippen LogP contribution in [0.3, 0.4) is 0 Å². The predicted molar refractivity (Wildman–Crippen MR) is 124 cm³/mol. The highest BCUT2D eigenvalue weighted by Crippen LogP contribution is 2.42. The fourth-order valence-electron chi connectivity index (χ4n) is 4.78. The highest BCUT2D eigenvalue weighted by molar-refractivity contribution is 5.67. The Morgan fingerprint density at radius 1 is 1.00 bits per heavy atom. The molecule has 30 heavy (non-hydrogen) atoms. The van der Waals surface area contributed by atoms with Gasteiger partial charge in [0.2, 0.25) is 0 Å². The summed E-state index contributed by atoms with van der Waals surface area (Å²) in [4.78, 5) is 14.1. The second-order valence-corrected chi connectivity index (χ2v) is 9.55. The van der Waals surface area contributed by atoms with Gasteiger partial charge in [0.25, 0.3) is 0 Å². The second kappa shape index (κ2) is 10.3. The molecule has 0 saturated carbocycles. The molecule has 0 bridgehead atoms. The van der Waals surface area contributed by atoms with Crippen molar-refractivity contribution >= 4 is 5.97 Å². The summed E-state index contributed by atoms with van der Waals surface area (Å²) in [6.07, 6.45) is 4.47. The van der Waals surface area contributed by atoms with Gasteiger partial charge in [-0.05, 0) is 69.0 Å². The third-order valence-electron chi connectivity index (χ3n) is 6.56. The number of nitrogens with zero attached hydrogens (tertiary/aromatic N) is 1. The summed E-state index contributed by atoms with van der Waals surface area (Å²) in [5.74, 6) is 0.236. The van der Waals surface area contributed by atoms with Crippen molar-refractivity contribution in [1.29, 1.82) is 0 Å². The van der Waals surface area contributed by atoms with Gasteiger partial charge in [0, 0.05) is 18.5 Å². The molecule has 1 aliphatic rings. The molecule has 3 heteroatoms. The fourth-order valence-corrected chi connectivity index (χ4v) is 4.78. The average molecular weight is 408 g/mol. The number of aliphatic carboxylic acids is 1. The largest absolute Gasteiger partial charge is 0.481 e. The number of carboxylic acids is 1. The maximum absolute atomic E-state index is 11.4. The van der Waals surface area contributed by atoms with Crippen LogP contribution in [0.5, 0.6) is 0 Å². The van der Waals surface area contributed by atoms with Crippen LogP contribution in [0.2, 0.25) is 0 Å². The molecule has 0 aromatic heterocycles. The van der Waals surface area contributed by atoms with E-state index in [9.17, 15) is 9.90 Å². The minimum absolute atomic E-state index is 0.244. The molecule has 0 amide bonds. The first-order valence-electron chi connectivity index (χ1n) is 11.4. The molecule has 1 saturated heterocycles. The van der Waals surface area contributed by atoms with E-state index in [1.54, 1.807) is 0 Å². The summed E-state index contributed by atoms with van der Waals surface area (Å²) in [6.45, 7) is 9.80. The van der Waals surface area contributed by atoms with E-state index in [-0.39, 0.29) is 18.4 Å². The van der Waals surface area contributed by atoms with E-state index in [1.165, 1.54) is 28.7 Å². The van der Waals surface area contributed by atoms with E-state index < -0.39 is 5.97 Å². The Morgan fingerprint density at radius 3 is 2.17 bits per heavy atom. The Bertz CT molecular complexity index is 810. The zero-order valence-electron chi connectivity index (χ0n) is 19.0. The molecule has 3 rings (SSSR count). The van der Waals surface area contributed by atoms with E-state index >= 15 is 0 Å². The fraction of sp³-hybridized carbons (Fsp3) is 0.519. The number of benzene rings is 2. The standard InChI is InChI=1S/C27H37NO2/c1-19(2)5-14-25(23-10-6-20(3)7-11-23)28-16-15-22(18-27(29)30)17-26(28)24-12-8-21(4)9-13-24/h6-13,19,22,25-26H,5,14-18H2,1-4H3,(H,29,30)/t22-,25?,26+/m1/s1. The highest BCUT2D eigenvalue weighted by atomic mass is 16.4. The maximum Gasteiger partial charge on any atom is 0.303 e. The average Bonchev–Trinajstić information content (AvgIpc) is 2.70. The molecule has 162 valence electrons. The van der Waals surface area contributed by atoms with Crippen LogP contribution in [-0.2, 0) is 4.79 Å². The van der Waals surface area contributed by atoms with Crippen LogP contribution >= 0.6 is 0 Å². The maximum atomic E-state index is 11.4. The Morgan fingerprint density at radius 2 is 1.60 bits per heavy atom. The van der Waals surface area contributed by atoms with Crippen molar-refractivity contribution in [1.82, 2.24) is 4.90 Å². The van der Waals surface area contributed by atoms with Crippen LogP contribution in [0.15, 0.2) is 48.5 Å². The van der Waals surface area contributed by atoms with Gasteiger partial charge in [-0.1, -0.05) is 73.5 Å². The molecular weight excluding hydrogens is 370 g/mol. The Kier molecular flexibility index (Phi) is 7.71. The van der Waals surface area contributed by atoms with E-state index in [0.29, 0.717) is 12.0 Å². The minimum Gasteiger partial charge on any atom is -0.481 e. The molecule has 3 atom stereocenters. The van der Waals surface area contributed by atoms with Gasteiger partial charge in [-0.15, -0.1) is 0 Å². The lowest BCUT2D eigenvalue weighted by Crippen LogP contribution is -2.40. The van der Waals surface area contributed by atoms with Crippen molar-refractivity contribution in [3.05, 3.63) is 70.8 Å². The number of carbonyl (C=O) groups is 1. The number of aryl methyl sites for hydroxylation is 2. The molecule has 1 aliphatic heterocycles. The van der Waals surface area contributed by atoms with E-state index in [1.807, 2.05) is 0 Å². The van der Waals surface area contributed by atoms with Crippen molar-refractivity contribution in [2.75, 3.05) is 6.54 Å². The number of piperidine rings is 1. The number of rotatable bonds is 8. The first kappa shape index (κ1) is 22.6. The van der Waals surface area contributed by atoms with Gasteiger partial charge >= 0.3 is 5.97 Å². The molecule has 2 aromatic carbocycles. The van der Waals surface area contributed by atoms with E-state index in [4.69, 9.17) is 0 Å². The topological polar surface area (TPSA) is 40.5 Å². The molecule has 1 fully saturated rings. The van der Waals surface area contributed by atoms with Crippen molar-refractivity contribution < 1.29 is 9.90 Å². The first-order valence-corrected chi connectivity index (χ1v) is 11.4. The zero-order chi connectivity index (χ0) is 21.7. The third kappa shape index (κ3) is 5.95. The summed E-state index contributed by atoms with van der Waals surface area (Å²) in [5.41, 5.74) is 5.25. The minimum atomic E-state index is -0.675. The lowest BCUT2D eigenvalue weighted by Gasteiger charge is -2.44. The molecule has 0 radical (unpaired) electrons. The summed E-state index contributed by atoms with van der Waals surface area (Å²) >= 11 is 0. The monoisotopic (exact) mass is 407 g/mol. The number of hydrogen-bond acceptors (Lipinski definition) is 2. The summed E-state index contributed by atoms with van der Waals surface area (Å²) in [5, 5.41) is 9.37. The van der Waals surface area contributed by atoms with Gasteiger partial charge in [-0.3, -0.25) is 9.69 Å². The lowest BCUT2D eigenvalue weighted by molar-refractivity contribution is -0.138. The number of hydrogen-bond donors (Lipinski definition) is 1. The number of likely N-dealkylation sites (tertiary alicyclic amines) is 1. The Balaban J connectivity index is 1.94. The van der Waals surface area contributed by atoms with Gasteiger partial charge in [0.15, 0.2) is 0 Å². The Hall–Kier alpha value is -2.13. The van der Waals surface area contributed by atoms with Gasteiger partial charge in [0.1, 0.15) is 0 Å². The van der Waals surface area contributed by atoms with Crippen LogP contribution < -0.4 is 0 Å². The molecule has 0 aliphatic carbocycles. The van der Waals surface area contributed by atoms with Crippen molar-refractivity contribution in [2.24, 2.45) is 11.8 Å². The quantitative estimate of drug-likeness (QED) is 0.529. The molecule has 1 unspecified atom stereocenters. The van der Waals surface area contributed by atoms with Crippen LogP contribution in [0.4, 0.5) is 0 Å². The molecular formula is C27H37NO2. The normalized spacial score (nSPS) is 21.0. The summed E-state index contributed by atoms with van der Waals surface area (Å²) in [6, 6.07) is 18.5. The van der Waals surface area contributed by atoms with Crippen LogP contribution in [0.1, 0.15) is 80.3 Å². The molecule has 2 aromatic rings. The molecule has 0 spiro atoms. The predicted octanol–water partition coefficient (Wildman–Crippen LogP) is 6.71. The van der Waals surface area contributed by atoms with E-state index in [0.717, 1.165) is 25.8 Å². The molecule has 3 nitrogen and oxygen atoms in total. The van der Waals surface area contributed by atoms with Crippen molar-refractivity contribution in [3.8, 4) is 0 Å². The van der Waals surface area contributed by atoms with Crippen molar-refractivity contribution in [2.45, 2.75) is 71.9 Å². The third-order valence-corrected chi connectivity index (χ3v) is 6.56. The SMILES string of the molecule is Cc1ccc(C(CCC(C)C)N2CC[C@@H](CC(=O)O)C[C@H]2c2ccc(C)cc2)cc1. The molecule has 1 heterocycles. The van der Waals surface area contributed by atoms with Gasteiger partial charge in [0.05, 0.1) is 0 Å². The van der Waals surface area contributed by atoms with E-state index in [2.05, 4.69) is 81.1 Å². The molecule has 1 N–H and O–H groups in total. The highest BCUT2D eigenvalue weighted by Gasteiger charge is 2.35. The lowest BCUT2D eigenvalue weighted by atomic mass is 9.82. The second-order valence-electron chi connectivity index (χ2n) is 9.55. The van der Waals surface area contributed by atoms with Gasteiger partial charge in [-0.25, -0.2) is 0 Å². The smallest absolute Gasteiger partial charge is 0.303 e. The number of carboxylic acid groups (broad SMARTS) is 1. The van der Waals surface area contributed by atoms with Crippen LogP contribution in [0, 0.1) is 25.7 Å². The van der Waals surface area contributed by atoms with Crippen molar-refractivity contribution in [3.63, 3.8) is 0 Å². The van der Waals surface area contributed by atoms with Gasteiger partial charge in [-0.2, -0.15) is 0 Å². The summed E-state index contributed by atoms with van der Waals surface area (Å²) in [7, 11) is 0. The summed E-state index contributed by atoms with van der Waals surface area (Å²) < 4.78 is 0. The van der Waals surface area contributed by atoms with Gasteiger partial charge < -0.3 is 5.11 Å². The van der Waals surface area contributed by atoms with Crippen LogP contribution in [0.25, 0.3) is 0 Å². The zero-order valence-corrected chi connectivity index (χ0v) is 19.0. The first-order chi connectivity index (χ1) is 14.3. The Labute approximate surface area is 182 Å².